The van der Waals surface area contributed by atoms with Gasteiger partial charge >= 0.3 is 0 Å². The molecule has 0 saturated carbocycles. The quantitative estimate of drug-likeness (QED) is 0.464. The van der Waals surface area contributed by atoms with E-state index >= 15 is 0 Å². The van der Waals surface area contributed by atoms with Gasteiger partial charge in [-0.1, -0.05) is 6.92 Å². The molecule has 0 aromatic heterocycles. The number of nitrogens with two attached hydrogens (primary N) is 1. The zero-order valence-corrected chi connectivity index (χ0v) is 12.3. The molecule has 20 heavy (non-hydrogen) atoms. The molecule has 0 unspecified atom stereocenters. The van der Waals surface area contributed by atoms with Crippen LogP contribution in [0.5, 0.6) is 0 Å². The van der Waals surface area contributed by atoms with Crippen molar-refractivity contribution >= 4 is 21.4 Å². The summed E-state index contributed by atoms with van der Waals surface area (Å²) in [5, 5.41) is 10.9. The van der Waals surface area contributed by atoms with Crippen LogP contribution in [0.3, 0.4) is 0 Å². The summed E-state index contributed by atoms with van der Waals surface area (Å²) in [4.78, 5) is 10.1. The minimum absolute atomic E-state index is 0.0570. The maximum Gasteiger partial charge on any atom is 0.294 e. The predicted molar refractivity (Wildman–Crippen MR) is 75.6 cm³/mol. The minimum atomic E-state index is -3.77. The van der Waals surface area contributed by atoms with Crippen molar-refractivity contribution in [1.82, 2.24) is 4.31 Å². The van der Waals surface area contributed by atoms with E-state index in [-0.39, 0.29) is 28.9 Å². The van der Waals surface area contributed by atoms with Crippen LogP contribution < -0.4 is 11.3 Å². The summed E-state index contributed by atoms with van der Waals surface area (Å²) >= 11 is 0. The van der Waals surface area contributed by atoms with E-state index in [1.165, 1.54) is 16.4 Å². The molecule has 0 aliphatic carbocycles. The van der Waals surface area contributed by atoms with Crippen molar-refractivity contribution in [3.8, 4) is 0 Å². The first kappa shape index (κ1) is 16.3. The molecule has 9 heteroatoms. The first-order chi connectivity index (χ1) is 9.25. The zero-order chi connectivity index (χ0) is 15.5. The van der Waals surface area contributed by atoms with Crippen molar-refractivity contribution < 1.29 is 13.3 Å². The van der Waals surface area contributed by atoms with Gasteiger partial charge in [-0.15, -0.1) is 0 Å². The smallest absolute Gasteiger partial charge is 0.294 e. The summed E-state index contributed by atoms with van der Waals surface area (Å²) < 4.78 is 26.1. The van der Waals surface area contributed by atoms with Crippen molar-refractivity contribution in [2.75, 3.05) is 12.0 Å². The highest BCUT2D eigenvalue weighted by molar-refractivity contribution is 7.89. The van der Waals surface area contributed by atoms with Gasteiger partial charge in [0.05, 0.1) is 9.82 Å². The fraction of sp³-hybridized carbons (Fsp3) is 0.455. The molecule has 112 valence electrons. The summed E-state index contributed by atoms with van der Waals surface area (Å²) in [6, 6.07) is 3.34. The van der Waals surface area contributed by atoms with Crippen molar-refractivity contribution in [1.29, 1.82) is 0 Å². The molecule has 0 saturated heterocycles. The SMILES string of the molecule is CCN(C(C)C)S(=O)(=O)c1ccc(NN)c([N+](=O)[O-])c1. The second kappa shape index (κ2) is 6.16. The van der Waals surface area contributed by atoms with E-state index < -0.39 is 14.9 Å². The molecule has 0 aliphatic heterocycles. The highest BCUT2D eigenvalue weighted by Crippen LogP contribution is 2.28. The minimum Gasteiger partial charge on any atom is -0.318 e. The lowest BCUT2D eigenvalue weighted by Crippen LogP contribution is -2.36. The highest BCUT2D eigenvalue weighted by Gasteiger charge is 2.28. The Labute approximate surface area is 117 Å². The Bertz CT molecular complexity index is 600. The number of nitro benzene ring substituents is 1. The largest absolute Gasteiger partial charge is 0.318 e. The average Bonchev–Trinajstić information content (AvgIpc) is 2.37. The second-order valence-electron chi connectivity index (χ2n) is 4.38. The molecule has 0 spiro atoms. The van der Waals surface area contributed by atoms with E-state index in [1.54, 1.807) is 20.8 Å². The third kappa shape index (κ3) is 3.06. The van der Waals surface area contributed by atoms with Crippen molar-refractivity contribution in [3.63, 3.8) is 0 Å². The number of hydrogen-bond donors (Lipinski definition) is 2. The van der Waals surface area contributed by atoms with Crippen LogP contribution in [0.1, 0.15) is 20.8 Å². The molecule has 0 amide bonds. The van der Waals surface area contributed by atoms with Gasteiger partial charge in [-0.25, -0.2) is 8.42 Å². The van der Waals surface area contributed by atoms with Gasteiger partial charge in [0.2, 0.25) is 10.0 Å². The summed E-state index contributed by atoms with van der Waals surface area (Å²) in [7, 11) is -3.77. The van der Waals surface area contributed by atoms with E-state index in [9.17, 15) is 18.5 Å². The number of nitrogen functional groups attached to an aromatic ring is 1. The molecule has 0 fully saturated rings. The number of nitrogens with one attached hydrogen (secondary N) is 1. The Balaban J connectivity index is 3.40. The number of hydrogen-bond acceptors (Lipinski definition) is 6. The van der Waals surface area contributed by atoms with E-state index in [0.717, 1.165) is 6.07 Å². The Morgan fingerprint density at radius 3 is 2.45 bits per heavy atom. The van der Waals surface area contributed by atoms with Crippen molar-refractivity contribution in [3.05, 3.63) is 28.3 Å². The molecule has 0 heterocycles. The molecule has 0 atom stereocenters. The number of nitrogens with zero attached hydrogens (tertiary/aromatic N) is 2. The molecule has 8 nitrogen and oxygen atoms in total. The van der Waals surface area contributed by atoms with Gasteiger partial charge in [0.15, 0.2) is 0 Å². The standard InChI is InChI=1S/C11H18N4O4S/c1-4-14(8(2)3)20(18,19)9-5-6-10(13-12)11(7-9)15(16)17/h5-8,13H,4,12H2,1-3H3. The molecular formula is C11H18N4O4S. The van der Waals surface area contributed by atoms with Crippen LogP contribution in [0, 0.1) is 10.1 Å². The van der Waals surface area contributed by atoms with Gasteiger partial charge in [0.25, 0.3) is 5.69 Å². The monoisotopic (exact) mass is 302 g/mol. The molecule has 1 aromatic carbocycles. The van der Waals surface area contributed by atoms with Crippen LogP contribution in [0.15, 0.2) is 23.1 Å². The maximum atomic E-state index is 12.4. The maximum absolute atomic E-state index is 12.4. The van der Waals surface area contributed by atoms with Crippen LogP contribution in [0.2, 0.25) is 0 Å². The first-order valence-corrected chi connectivity index (χ1v) is 7.46. The van der Waals surface area contributed by atoms with Crippen LogP contribution in [0.25, 0.3) is 0 Å². The number of sulfonamides is 1. The van der Waals surface area contributed by atoms with E-state index in [4.69, 9.17) is 5.84 Å². The summed E-state index contributed by atoms with van der Waals surface area (Å²) in [5.41, 5.74) is 1.85. The molecule has 0 bridgehead atoms. The zero-order valence-electron chi connectivity index (χ0n) is 11.5. The van der Waals surface area contributed by atoms with E-state index in [1.807, 2.05) is 0 Å². The third-order valence-corrected chi connectivity index (χ3v) is 4.96. The number of rotatable bonds is 6. The number of nitro groups is 1. The van der Waals surface area contributed by atoms with Gasteiger partial charge in [-0.2, -0.15) is 4.31 Å². The summed E-state index contributed by atoms with van der Waals surface area (Å²) in [6.07, 6.45) is 0. The topological polar surface area (TPSA) is 119 Å². The first-order valence-electron chi connectivity index (χ1n) is 6.02. The lowest BCUT2D eigenvalue weighted by molar-refractivity contribution is -0.384. The molecule has 1 aromatic rings. The predicted octanol–water partition coefficient (Wildman–Crippen LogP) is 1.30. The van der Waals surface area contributed by atoms with Crippen molar-refractivity contribution in [2.45, 2.75) is 31.7 Å². The Morgan fingerprint density at radius 2 is 2.05 bits per heavy atom. The number of anilines is 1. The van der Waals surface area contributed by atoms with E-state index in [2.05, 4.69) is 5.43 Å². The molecule has 3 N–H and O–H groups in total. The Hall–Kier alpha value is -1.71. The summed E-state index contributed by atoms with van der Waals surface area (Å²) in [5.74, 6) is 5.17. The van der Waals surface area contributed by atoms with Crippen LogP contribution in [0.4, 0.5) is 11.4 Å². The second-order valence-corrected chi connectivity index (χ2v) is 6.27. The fourth-order valence-corrected chi connectivity index (χ4v) is 3.56. The van der Waals surface area contributed by atoms with Crippen LogP contribution in [-0.2, 0) is 10.0 Å². The van der Waals surface area contributed by atoms with Crippen LogP contribution >= 0.6 is 0 Å². The Morgan fingerprint density at radius 1 is 1.45 bits per heavy atom. The molecular weight excluding hydrogens is 284 g/mol. The lowest BCUT2D eigenvalue weighted by atomic mass is 10.3. The summed E-state index contributed by atoms with van der Waals surface area (Å²) in [6.45, 7) is 5.48. The number of hydrazine groups is 1. The Kier molecular flexibility index (Phi) is 5.03. The molecule has 0 radical (unpaired) electrons. The van der Waals surface area contributed by atoms with E-state index in [0.29, 0.717) is 0 Å². The van der Waals surface area contributed by atoms with Gasteiger partial charge in [-0.05, 0) is 26.0 Å². The van der Waals surface area contributed by atoms with Gasteiger partial charge in [0.1, 0.15) is 5.69 Å². The molecule has 0 aliphatic rings. The van der Waals surface area contributed by atoms with Gasteiger partial charge in [-0.3, -0.25) is 16.0 Å². The average molecular weight is 302 g/mol. The number of benzene rings is 1. The van der Waals surface area contributed by atoms with Gasteiger partial charge < -0.3 is 5.43 Å². The molecule has 1 rings (SSSR count). The highest BCUT2D eigenvalue weighted by atomic mass is 32.2. The lowest BCUT2D eigenvalue weighted by Gasteiger charge is -2.24. The normalized spacial score (nSPS) is 11.9. The van der Waals surface area contributed by atoms with Crippen LogP contribution in [-0.4, -0.2) is 30.2 Å². The van der Waals surface area contributed by atoms with Gasteiger partial charge in [0, 0.05) is 18.7 Å². The fourth-order valence-electron chi connectivity index (χ4n) is 1.89. The third-order valence-electron chi connectivity index (χ3n) is 2.82. The van der Waals surface area contributed by atoms with Crippen molar-refractivity contribution in [2.24, 2.45) is 5.84 Å².